The fourth-order valence-electron chi connectivity index (χ4n) is 2.32. The maximum atomic E-state index is 6.16. The van der Waals surface area contributed by atoms with E-state index in [2.05, 4.69) is 20.8 Å². The third-order valence-corrected chi connectivity index (χ3v) is 3.83. The molecule has 0 saturated carbocycles. The van der Waals surface area contributed by atoms with Gasteiger partial charge in [0.2, 0.25) is 0 Å². The van der Waals surface area contributed by atoms with Gasteiger partial charge in [0.15, 0.2) is 11.5 Å². The molecular formula is C17H28ClNO2. The van der Waals surface area contributed by atoms with Gasteiger partial charge in [0, 0.05) is 22.7 Å². The van der Waals surface area contributed by atoms with Crippen LogP contribution in [0, 0.1) is 5.92 Å². The first-order chi connectivity index (χ1) is 10.0. The third kappa shape index (κ3) is 5.76. The summed E-state index contributed by atoms with van der Waals surface area (Å²) in [4.78, 5) is 0. The quantitative estimate of drug-likeness (QED) is 0.733. The summed E-state index contributed by atoms with van der Waals surface area (Å²) in [6.45, 7) is 7.14. The van der Waals surface area contributed by atoms with E-state index in [-0.39, 0.29) is 6.04 Å². The SMILES string of the molecule is CCCC(C)COc1c(CC(N)CC)cc(Cl)cc1OC. The van der Waals surface area contributed by atoms with E-state index in [0.717, 1.165) is 37.0 Å². The second-order valence-corrected chi connectivity index (χ2v) is 6.11. The lowest BCUT2D eigenvalue weighted by Gasteiger charge is -2.19. The fraction of sp³-hybridized carbons (Fsp3) is 0.647. The smallest absolute Gasteiger partial charge is 0.164 e. The molecule has 0 aromatic heterocycles. The standard InChI is InChI=1S/C17H28ClNO2/c1-5-7-12(3)11-21-17-13(9-15(19)6-2)8-14(18)10-16(17)20-4/h8,10,12,15H,5-7,9,11,19H2,1-4H3. The topological polar surface area (TPSA) is 44.5 Å². The van der Waals surface area contributed by atoms with Gasteiger partial charge in [-0.05, 0) is 31.2 Å². The van der Waals surface area contributed by atoms with Gasteiger partial charge >= 0.3 is 0 Å². The number of benzene rings is 1. The van der Waals surface area contributed by atoms with Crippen LogP contribution in [0.3, 0.4) is 0 Å². The molecule has 120 valence electrons. The zero-order chi connectivity index (χ0) is 15.8. The first-order valence-corrected chi connectivity index (χ1v) is 8.14. The maximum absolute atomic E-state index is 6.16. The average Bonchev–Trinajstić information content (AvgIpc) is 2.45. The van der Waals surface area contributed by atoms with Gasteiger partial charge in [0.1, 0.15) is 0 Å². The van der Waals surface area contributed by atoms with Crippen molar-refractivity contribution in [3.63, 3.8) is 0 Å². The van der Waals surface area contributed by atoms with Crippen LogP contribution < -0.4 is 15.2 Å². The Morgan fingerprint density at radius 1 is 1.29 bits per heavy atom. The van der Waals surface area contributed by atoms with Crippen LogP contribution in [-0.2, 0) is 6.42 Å². The van der Waals surface area contributed by atoms with Crippen molar-refractivity contribution in [1.82, 2.24) is 0 Å². The van der Waals surface area contributed by atoms with E-state index >= 15 is 0 Å². The molecule has 0 heterocycles. The van der Waals surface area contributed by atoms with Gasteiger partial charge in [-0.2, -0.15) is 0 Å². The van der Waals surface area contributed by atoms with E-state index in [1.165, 1.54) is 0 Å². The van der Waals surface area contributed by atoms with Gasteiger partial charge in [0.25, 0.3) is 0 Å². The van der Waals surface area contributed by atoms with Crippen LogP contribution in [0.5, 0.6) is 11.5 Å². The predicted molar refractivity (Wildman–Crippen MR) is 89.5 cm³/mol. The highest BCUT2D eigenvalue weighted by molar-refractivity contribution is 6.30. The number of halogens is 1. The molecule has 0 bridgehead atoms. The predicted octanol–water partition coefficient (Wildman–Crippen LogP) is 4.44. The molecule has 1 aromatic rings. The van der Waals surface area contributed by atoms with E-state index in [1.54, 1.807) is 13.2 Å². The Kier molecular flexibility index (Phi) is 7.91. The highest BCUT2D eigenvalue weighted by Gasteiger charge is 2.16. The molecule has 0 fully saturated rings. The van der Waals surface area contributed by atoms with Crippen LogP contribution in [0.4, 0.5) is 0 Å². The summed E-state index contributed by atoms with van der Waals surface area (Å²) >= 11 is 6.16. The molecule has 0 amide bonds. The largest absolute Gasteiger partial charge is 0.493 e. The molecule has 2 atom stereocenters. The van der Waals surface area contributed by atoms with Crippen molar-refractivity contribution >= 4 is 11.6 Å². The van der Waals surface area contributed by atoms with Gasteiger partial charge < -0.3 is 15.2 Å². The Morgan fingerprint density at radius 3 is 2.57 bits per heavy atom. The highest BCUT2D eigenvalue weighted by Crippen LogP contribution is 2.36. The monoisotopic (exact) mass is 313 g/mol. The van der Waals surface area contributed by atoms with E-state index in [4.69, 9.17) is 26.8 Å². The van der Waals surface area contributed by atoms with E-state index in [0.29, 0.717) is 23.3 Å². The van der Waals surface area contributed by atoms with Crippen molar-refractivity contribution in [3.8, 4) is 11.5 Å². The third-order valence-electron chi connectivity index (χ3n) is 3.62. The first kappa shape index (κ1) is 18.1. The molecular weight excluding hydrogens is 286 g/mol. The van der Waals surface area contributed by atoms with Gasteiger partial charge in [-0.15, -0.1) is 0 Å². The minimum absolute atomic E-state index is 0.101. The molecule has 21 heavy (non-hydrogen) atoms. The summed E-state index contributed by atoms with van der Waals surface area (Å²) in [7, 11) is 1.64. The lowest BCUT2D eigenvalue weighted by molar-refractivity contribution is 0.237. The zero-order valence-electron chi connectivity index (χ0n) is 13.6. The molecule has 0 saturated heterocycles. The van der Waals surface area contributed by atoms with Crippen LogP contribution in [0.2, 0.25) is 5.02 Å². The molecule has 0 aliphatic carbocycles. The summed E-state index contributed by atoms with van der Waals surface area (Å²) in [5.74, 6) is 1.99. The Balaban J connectivity index is 2.96. The number of hydrogen-bond acceptors (Lipinski definition) is 3. The molecule has 1 aromatic carbocycles. The highest BCUT2D eigenvalue weighted by atomic mass is 35.5. The Bertz CT molecular complexity index is 437. The fourth-order valence-corrected chi connectivity index (χ4v) is 2.55. The van der Waals surface area contributed by atoms with Crippen molar-refractivity contribution < 1.29 is 9.47 Å². The van der Waals surface area contributed by atoms with Crippen LogP contribution >= 0.6 is 11.6 Å². The average molecular weight is 314 g/mol. The maximum Gasteiger partial charge on any atom is 0.164 e. The van der Waals surface area contributed by atoms with Gasteiger partial charge in [-0.25, -0.2) is 0 Å². The minimum Gasteiger partial charge on any atom is -0.493 e. The number of nitrogens with two attached hydrogens (primary N) is 1. The van der Waals surface area contributed by atoms with Gasteiger partial charge in [-0.1, -0.05) is 38.8 Å². The summed E-state index contributed by atoms with van der Waals surface area (Å²) in [5, 5.41) is 0.652. The lowest BCUT2D eigenvalue weighted by atomic mass is 10.0. The Morgan fingerprint density at radius 2 is 2.00 bits per heavy atom. The minimum atomic E-state index is 0.101. The second kappa shape index (κ2) is 9.16. The van der Waals surface area contributed by atoms with E-state index in [9.17, 15) is 0 Å². The lowest BCUT2D eigenvalue weighted by Crippen LogP contribution is -2.22. The second-order valence-electron chi connectivity index (χ2n) is 5.67. The summed E-state index contributed by atoms with van der Waals surface area (Å²) in [6.07, 6.45) is 3.97. The first-order valence-electron chi connectivity index (χ1n) is 7.76. The molecule has 0 aliphatic rings. The van der Waals surface area contributed by atoms with Crippen LogP contribution in [0.1, 0.15) is 45.6 Å². The van der Waals surface area contributed by atoms with Crippen LogP contribution in [0.25, 0.3) is 0 Å². The van der Waals surface area contributed by atoms with Crippen LogP contribution in [0.15, 0.2) is 12.1 Å². The van der Waals surface area contributed by atoms with E-state index < -0.39 is 0 Å². The van der Waals surface area contributed by atoms with Crippen molar-refractivity contribution in [2.45, 2.75) is 52.5 Å². The molecule has 0 spiro atoms. The van der Waals surface area contributed by atoms with Crippen molar-refractivity contribution in [2.24, 2.45) is 11.7 Å². The summed E-state index contributed by atoms with van der Waals surface area (Å²) in [6, 6.07) is 3.82. The van der Waals surface area contributed by atoms with E-state index in [1.807, 2.05) is 6.07 Å². The summed E-state index contributed by atoms with van der Waals surface area (Å²) in [5.41, 5.74) is 7.11. The molecule has 4 heteroatoms. The van der Waals surface area contributed by atoms with Crippen molar-refractivity contribution in [1.29, 1.82) is 0 Å². The molecule has 2 N–H and O–H groups in total. The normalized spacial score (nSPS) is 13.8. The summed E-state index contributed by atoms with van der Waals surface area (Å²) < 4.78 is 11.5. The molecule has 2 unspecified atom stereocenters. The molecule has 1 rings (SSSR count). The number of rotatable bonds is 9. The number of ether oxygens (including phenoxy) is 2. The molecule has 0 radical (unpaired) electrons. The Labute approximate surface area is 133 Å². The Hall–Kier alpha value is -0.930. The van der Waals surface area contributed by atoms with Crippen LogP contribution in [-0.4, -0.2) is 19.8 Å². The molecule has 0 aliphatic heterocycles. The zero-order valence-corrected chi connectivity index (χ0v) is 14.4. The van der Waals surface area contributed by atoms with Gasteiger partial charge in [0.05, 0.1) is 13.7 Å². The molecule has 3 nitrogen and oxygen atoms in total. The number of methoxy groups -OCH3 is 1. The van der Waals surface area contributed by atoms with Gasteiger partial charge in [-0.3, -0.25) is 0 Å². The number of hydrogen-bond donors (Lipinski definition) is 1. The van der Waals surface area contributed by atoms with Crippen molar-refractivity contribution in [3.05, 3.63) is 22.7 Å². The van der Waals surface area contributed by atoms with Crippen molar-refractivity contribution in [2.75, 3.05) is 13.7 Å².